The molecule has 6 nitrogen and oxygen atoms in total. The van der Waals surface area contributed by atoms with Crippen molar-refractivity contribution in [1.29, 1.82) is 0 Å². The van der Waals surface area contributed by atoms with E-state index in [1.807, 2.05) is 0 Å². The molecule has 1 saturated carbocycles. The molecule has 3 N–H and O–H groups in total. The number of carbonyl (C=O) groups is 1. The van der Waals surface area contributed by atoms with Crippen molar-refractivity contribution >= 4 is 16.0 Å². The van der Waals surface area contributed by atoms with Gasteiger partial charge in [0.15, 0.2) is 0 Å². The van der Waals surface area contributed by atoms with Crippen LogP contribution in [0.3, 0.4) is 0 Å². The molecule has 0 amide bonds. The zero-order valence-corrected chi connectivity index (χ0v) is 14.4. The van der Waals surface area contributed by atoms with Crippen molar-refractivity contribution in [2.45, 2.75) is 43.5 Å². The second kappa shape index (κ2) is 7.42. The third-order valence-electron chi connectivity index (χ3n) is 4.42. The van der Waals surface area contributed by atoms with Crippen molar-refractivity contribution < 1.29 is 17.9 Å². The van der Waals surface area contributed by atoms with E-state index in [0.29, 0.717) is 12.1 Å². The van der Waals surface area contributed by atoms with Gasteiger partial charge in [-0.05, 0) is 49.9 Å². The largest absolute Gasteiger partial charge is 0.465 e. The van der Waals surface area contributed by atoms with Crippen LogP contribution in [-0.2, 0) is 14.8 Å². The lowest BCUT2D eigenvalue weighted by molar-refractivity contribution is 0.0600. The highest BCUT2D eigenvalue weighted by Gasteiger charge is 2.29. The summed E-state index contributed by atoms with van der Waals surface area (Å²) in [6.07, 6.45) is 3.80. The van der Waals surface area contributed by atoms with Gasteiger partial charge in [-0.3, -0.25) is 0 Å². The van der Waals surface area contributed by atoms with E-state index in [0.717, 1.165) is 25.7 Å². The zero-order chi connectivity index (χ0) is 17.0. The molecule has 1 fully saturated rings. The van der Waals surface area contributed by atoms with Gasteiger partial charge in [-0.1, -0.05) is 18.9 Å². The molecule has 1 aromatic carbocycles. The van der Waals surface area contributed by atoms with Crippen LogP contribution < -0.4 is 10.5 Å². The van der Waals surface area contributed by atoms with E-state index in [9.17, 15) is 13.2 Å². The van der Waals surface area contributed by atoms with Gasteiger partial charge in [-0.25, -0.2) is 17.9 Å². The highest BCUT2D eigenvalue weighted by Crippen LogP contribution is 2.26. The normalized spacial score (nSPS) is 21.9. The van der Waals surface area contributed by atoms with Crippen LogP contribution in [0.4, 0.5) is 0 Å². The Morgan fingerprint density at radius 1 is 1.35 bits per heavy atom. The van der Waals surface area contributed by atoms with E-state index < -0.39 is 16.0 Å². The molecule has 0 aromatic heterocycles. The summed E-state index contributed by atoms with van der Waals surface area (Å²) >= 11 is 0. The first-order valence-electron chi connectivity index (χ1n) is 7.80. The molecule has 7 heteroatoms. The monoisotopic (exact) mass is 340 g/mol. The maximum Gasteiger partial charge on any atom is 0.337 e. The van der Waals surface area contributed by atoms with Crippen molar-refractivity contribution in [2.24, 2.45) is 11.7 Å². The van der Waals surface area contributed by atoms with Crippen molar-refractivity contribution in [3.05, 3.63) is 29.3 Å². The Labute approximate surface area is 137 Å². The Bertz CT molecular complexity index is 673. The smallest absolute Gasteiger partial charge is 0.337 e. The molecular formula is C16H24N2O4S. The van der Waals surface area contributed by atoms with Crippen LogP contribution in [0.25, 0.3) is 0 Å². The van der Waals surface area contributed by atoms with Crippen molar-refractivity contribution in [3.8, 4) is 0 Å². The number of rotatable bonds is 5. The standard InChI is InChI=1S/C16H24N2O4S/c1-11-7-8-12(16(19)22-2)9-15(11)23(20,21)18-14-6-4-3-5-13(14)10-17/h7-9,13-14,18H,3-6,10,17H2,1-2H3. The van der Waals surface area contributed by atoms with Gasteiger partial charge in [0.1, 0.15) is 0 Å². The first-order valence-corrected chi connectivity index (χ1v) is 9.28. The maximum absolute atomic E-state index is 12.7. The van der Waals surface area contributed by atoms with E-state index in [-0.39, 0.29) is 22.4 Å². The summed E-state index contributed by atoms with van der Waals surface area (Å²) in [6.45, 7) is 2.17. The number of methoxy groups -OCH3 is 1. The average molecular weight is 340 g/mol. The summed E-state index contributed by atoms with van der Waals surface area (Å²) in [5.74, 6) is -0.401. The minimum atomic E-state index is -3.71. The van der Waals surface area contributed by atoms with E-state index in [1.165, 1.54) is 13.2 Å². The van der Waals surface area contributed by atoms with E-state index in [4.69, 9.17) is 5.73 Å². The Balaban J connectivity index is 2.30. The van der Waals surface area contributed by atoms with Crippen molar-refractivity contribution in [3.63, 3.8) is 0 Å². The van der Waals surface area contributed by atoms with Crippen molar-refractivity contribution in [2.75, 3.05) is 13.7 Å². The van der Waals surface area contributed by atoms with Gasteiger partial charge >= 0.3 is 5.97 Å². The van der Waals surface area contributed by atoms with Crippen LogP contribution in [0, 0.1) is 12.8 Å². The highest BCUT2D eigenvalue weighted by molar-refractivity contribution is 7.89. The summed E-state index contributed by atoms with van der Waals surface area (Å²) in [6, 6.07) is 4.38. The van der Waals surface area contributed by atoms with Gasteiger partial charge in [-0.2, -0.15) is 0 Å². The molecule has 128 valence electrons. The van der Waals surface area contributed by atoms with E-state index in [1.54, 1.807) is 19.1 Å². The fourth-order valence-electron chi connectivity index (χ4n) is 3.04. The quantitative estimate of drug-likeness (QED) is 0.793. The van der Waals surface area contributed by atoms with Gasteiger partial charge < -0.3 is 10.5 Å². The fourth-order valence-corrected chi connectivity index (χ4v) is 4.65. The van der Waals surface area contributed by atoms with Crippen LogP contribution >= 0.6 is 0 Å². The third-order valence-corrected chi connectivity index (χ3v) is 6.05. The first-order chi connectivity index (χ1) is 10.9. The number of hydrogen-bond acceptors (Lipinski definition) is 5. The molecule has 2 rings (SSSR count). The summed E-state index contributed by atoms with van der Waals surface area (Å²) in [7, 11) is -2.44. The lowest BCUT2D eigenvalue weighted by Gasteiger charge is -2.31. The molecule has 2 atom stereocenters. The SMILES string of the molecule is COC(=O)c1ccc(C)c(S(=O)(=O)NC2CCCCC2CN)c1. The molecule has 2 unspecified atom stereocenters. The molecule has 0 bridgehead atoms. The number of ether oxygens (including phenoxy) is 1. The number of nitrogens with two attached hydrogens (primary N) is 1. The Kier molecular flexibility index (Phi) is 5.78. The minimum absolute atomic E-state index is 0.113. The Morgan fingerprint density at radius 3 is 2.70 bits per heavy atom. The topological polar surface area (TPSA) is 98.5 Å². The van der Waals surface area contributed by atoms with Gasteiger partial charge in [0.05, 0.1) is 17.6 Å². The Hall–Kier alpha value is -1.44. The average Bonchev–Trinajstić information content (AvgIpc) is 2.54. The highest BCUT2D eigenvalue weighted by atomic mass is 32.2. The van der Waals surface area contributed by atoms with Crippen LogP contribution in [0.15, 0.2) is 23.1 Å². The number of aryl methyl sites for hydroxylation is 1. The zero-order valence-electron chi connectivity index (χ0n) is 13.5. The molecular weight excluding hydrogens is 316 g/mol. The summed E-state index contributed by atoms with van der Waals surface area (Å²) in [5, 5.41) is 0. The number of nitrogens with one attached hydrogen (secondary N) is 1. The molecule has 0 saturated heterocycles. The van der Waals surface area contributed by atoms with Crippen LogP contribution in [-0.4, -0.2) is 34.1 Å². The van der Waals surface area contributed by atoms with E-state index >= 15 is 0 Å². The predicted octanol–water partition coefficient (Wildman–Crippen LogP) is 1.58. The van der Waals surface area contributed by atoms with Crippen LogP contribution in [0.5, 0.6) is 0 Å². The molecule has 1 aromatic rings. The molecule has 0 radical (unpaired) electrons. The van der Waals surface area contributed by atoms with Gasteiger partial charge in [-0.15, -0.1) is 0 Å². The summed E-state index contributed by atoms with van der Waals surface area (Å²) in [4.78, 5) is 11.8. The van der Waals surface area contributed by atoms with E-state index in [2.05, 4.69) is 9.46 Å². The third kappa shape index (κ3) is 4.10. The number of esters is 1. The second-order valence-corrected chi connectivity index (χ2v) is 7.66. The maximum atomic E-state index is 12.7. The first kappa shape index (κ1) is 17.9. The summed E-state index contributed by atoms with van der Waals surface area (Å²) < 4.78 is 32.9. The molecule has 0 heterocycles. The minimum Gasteiger partial charge on any atom is -0.465 e. The molecule has 23 heavy (non-hydrogen) atoms. The molecule has 1 aliphatic rings. The Morgan fingerprint density at radius 2 is 2.04 bits per heavy atom. The van der Waals surface area contributed by atoms with Crippen LogP contribution in [0.1, 0.15) is 41.6 Å². The van der Waals surface area contributed by atoms with Crippen LogP contribution in [0.2, 0.25) is 0 Å². The number of sulfonamides is 1. The summed E-state index contributed by atoms with van der Waals surface area (Å²) in [5.41, 5.74) is 6.58. The van der Waals surface area contributed by atoms with Crippen molar-refractivity contribution in [1.82, 2.24) is 4.72 Å². The van der Waals surface area contributed by atoms with Gasteiger partial charge in [0, 0.05) is 6.04 Å². The lowest BCUT2D eigenvalue weighted by Crippen LogP contribution is -2.44. The predicted molar refractivity (Wildman–Crippen MR) is 87.6 cm³/mol. The number of carbonyl (C=O) groups excluding carboxylic acids is 1. The second-order valence-electron chi connectivity index (χ2n) is 5.98. The number of hydrogen-bond donors (Lipinski definition) is 2. The van der Waals surface area contributed by atoms with Gasteiger partial charge in [0.2, 0.25) is 10.0 Å². The van der Waals surface area contributed by atoms with Gasteiger partial charge in [0.25, 0.3) is 0 Å². The fraction of sp³-hybridized carbons (Fsp3) is 0.562. The molecule has 0 aliphatic heterocycles. The molecule has 1 aliphatic carbocycles. The number of benzene rings is 1. The lowest BCUT2D eigenvalue weighted by atomic mass is 9.85. The molecule has 0 spiro atoms.